The van der Waals surface area contributed by atoms with Gasteiger partial charge >= 0.3 is 0 Å². The first-order valence-corrected chi connectivity index (χ1v) is 7.17. The first-order valence-electron chi connectivity index (χ1n) is 7.17. The summed E-state index contributed by atoms with van der Waals surface area (Å²) >= 11 is 0. The summed E-state index contributed by atoms with van der Waals surface area (Å²) in [5.74, 6) is 0. The van der Waals surface area contributed by atoms with Gasteiger partial charge in [-0.15, -0.1) is 12.4 Å². The fourth-order valence-corrected chi connectivity index (χ4v) is 2.36. The lowest BCUT2D eigenvalue weighted by Crippen LogP contribution is -2.18. The summed E-state index contributed by atoms with van der Waals surface area (Å²) in [6.45, 7) is 4.49. The number of fused-ring (bicyclic) bond motifs is 1. The Hall–Kier alpha value is -0.990. The number of hydrogen-bond acceptors (Lipinski definition) is 1. The number of H-pyrrole nitrogens is 1. The molecule has 2 rings (SSSR count). The number of halogens is 1. The van der Waals surface area contributed by atoms with Crippen LogP contribution in [0.4, 0.5) is 0 Å². The summed E-state index contributed by atoms with van der Waals surface area (Å²) < 4.78 is 0. The molecule has 3 heteroatoms. The van der Waals surface area contributed by atoms with Gasteiger partial charge in [-0.25, -0.2) is 0 Å². The highest BCUT2D eigenvalue weighted by Crippen LogP contribution is 2.17. The van der Waals surface area contributed by atoms with Gasteiger partial charge in [-0.3, -0.25) is 0 Å². The van der Waals surface area contributed by atoms with Crippen molar-refractivity contribution >= 4 is 23.3 Å². The second-order valence-electron chi connectivity index (χ2n) is 4.92. The fraction of sp³-hybridized carbons (Fsp3) is 0.500. The lowest BCUT2D eigenvalue weighted by molar-refractivity contribution is 0.599. The molecule has 0 saturated heterocycles. The van der Waals surface area contributed by atoms with Gasteiger partial charge in [0.05, 0.1) is 0 Å². The minimum Gasteiger partial charge on any atom is -0.361 e. The quantitative estimate of drug-likeness (QED) is 0.693. The van der Waals surface area contributed by atoms with Gasteiger partial charge in [0.15, 0.2) is 0 Å². The van der Waals surface area contributed by atoms with Gasteiger partial charge in [0.2, 0.25) is 0 Å². The molecular formula is C16H25ClN2. The summed E-state index contributed by atoms with van der Waals surface area (Å²) in [6, 6.07) is 8.52. The molecule has 0 fully saturated rings. The molecule has 0 aliphatic heterocycles. The van der Waals surface area contributed by atoms with Crippen molar-refractivity contribution in [2.45, 2.75) is 39.0 Å². The van der Waals surface area contributed by atoms with Crippen LogP contribution in [0.2, 0.25) is 0 Å². The molecule has 1 aromatic carbocycles. The molecule has 0 bridgehead atoms. The number of unbranched alkanes of at least 4 members (excludes halogenated alkanes) is 3. The first-order chi connectivity index (χ1) is 8.92. The Morgan fingerprint density at radius 3 is 2.74 bits per heavy atom. The Labute approximate surface area is 122 Å². The third kappa shape index (κ3) is 4.88. The molecule has 1 heterocycles. The number of para-hydroxylation sites is 1. The van der Waals surface area contributed by atoms with Crippen LogP contribution in [0.3, 0.4) is 0 Å². The van der Waals surface area contributed by atoms with E-state index < -0.39 is 0 Å². The SMILES string of the molecule is CCCCCCNCCc1c[nH]c2ccccc12.Cl. The molecule has 0 amide bonds. The Morgan fingerprint density at radius 2 is 1.89 bits per heavy atom. The monoisotopic (exact) mass is 280 g/mol. The number of aromatic nitrogens is 1. The first kappa shape index (κ1) is 16.1. The van der Waals surface area contributed by atoms with Crippen molar-refractivity contribution in [1.82, 2.24) is 10.3 Å². The summed E-state index contributed by atoms with van der Waals surface area (Å²) in [7, 11) is 0. The Kier molecular flexibility index (Phi) is 7.61. The molecule has 0 radical (unpaired) electrons. The Bertz CT molecular complexity index is 464. The van der Waals surface area contributed by atoms with E-state index >= 15 is 0 Å². The van der Waals surface area contributed by atoms with Crippen molar-refractivity contribution in [3.05, 3.63) is 36.0 Å². The predicted molar refractivity (Wildman–Crippen MR) is 86.3 cm³/mol. The van der Waals surface area contributed by atoms with E-state index in [2.05, 4.69) is 47.7 Å². The normalized spacial score (nSPS) is 10.6. The highest BCUT2D eigenvalue weighted by molar-refractivity contribution is 5.85. The summed E-state index contributed by atoms with van der Waals surface area (Å²) in [4.78, 5) is 3.33. The number of rotatable bonds is 8. The maximum atomic E-state index is 3.53. The maximum absolute atomic E-state index is 3.53. The molecule has 0 saturated carbocycles. The Balaban J connectivity index is 0.00000180. The van der Waals surface area contributed by atoms with Crippen LogP contribution in [0.15, 0.2) is 30.5 Å². The zero-order valence-corrected chi connectivity index (χ0v) is 12.6. The zero-order valence-electron chi connectivity index (χ0n) is 11.7. The van der Waals surface area contributed by atoms with Crippen molar-refractivity contribution in [2.75, 3.05) is 13.1 Å². The maximum Gasteiger partial charge on any atom is 0.0456 e. The van der Waals surface area contributed by atoms with Crippen LogP contribution >= 0.6 is 12.4 Å². The van der Waals surface area contributed by atoms with E-state index in [1.807, 2.05) is 0 Å². The van der Waals surface area contributed by atoms with Gasteiger partial charge in [-0.1, -0.05) is 44.4 Å². The third-order valence-corrected chi connectivity index (χ3v) is 3.45. The van der Waals surface area contributed by atoms with E-state index in [1.165, 1.54) is 42.1 Å². The van der Waals surface area contributed by atoms with Crippen LogP contribution in [-0.2, 0) is 6.42 Å². The van der Waals surface area contributed by atoms with Gasteiger partial charge in [-0.2, -0.15) is 0 Å². The van der Waals surface area contributed by atoms with Gasteiger partial charge < -0.3 is 10.3 Å². The molecule has 0 aliphatic rings. The highest BCUT2D eigenvalue weighted by Gasteiger charge is 2.01. The number of hydrogen-bond donors (Lipinski definition) is 2. The second-order valence-corrected chi connectivity index (χ2v) is 4.92. The van der Waals surface area contributed by atoms with Crippen LogP contribution in [0.25, 0.3) is 10.9 Å². The lowest BCUT2D eigenvalue weighted by atomic mass is 10.1. The van der Waals surface area contributed by atoms with Crippen LogP contribution < -0.4 is 5.32 Å². The average molecular weight is 281 g/mol. The minimum absolute atomic E-state index is 0. The molecule has 19 heavy (non-hydrogen) atoms. The second kappa shape index (κ2) is 9.00. The van der Waals surface area contributed by atoms with Crippen molar-refractivity contribution in [1.29, 1.82) is 0 Å². The van der Waals surface area contributed by atoms with E-state index in [1.54, 1.807) is 0 Å². The molecule has 0 aliphatic carbocycles. The largest absolute Gasteiger partial charge is 0.361 e. The smallest absolute Gasteiger partial charge is 0.0456 e. The molecular weight excluding hydrogens is 256 g/mol. The molecule has 2 N–H and O–H groups in total. The fourth-order valence-electron chi connectivity index (χ4n) is 2.36. The number of aromatic amines is 1. The zero-order chi connectivity index (χ0) is 12.6. The van der Waals surface area contributed by atoms with Crippen molar-refractivity contribution in [2.24, 2.45) is 0 Å². The van der Waals surface area contributed by atoms with E-state index in [9.17, 15) is 0 Å². The van der Waals surface area contributed by atoms with Gasteiger partial charge in [0.1, 0.15) is 0 Å². The summed E-state index contributed by atoms with van der Waals surface area (Å²) in [5.41, 5.74) is 2.67. The van der Waals surface area contributed by atoms with Crippen molar-refractivity contribution < 1.29 is 0 Å². The van der Waals surface area contributed by atoms with Crippen molar-refractivity contribution in [3.63, 3.8) is 0 Å². The topological polar surface area (TPSA) is 27.8 Å². The molecule has 0 atom stereocenters. The summed E-state index contributed by atoms with van der Waals surface area (Å²) in [5, 5.41) is 4.90. The number of benzene rings is 1. The molecule has 1 aromatic heterocycles. The lowest BCUT2D eigenvalue weighted by Gasteiger charge is -2.04. The van der Waals surface area contributed by atoms with E-state index in [0.717, 1.165) is 19.5 Å². The number of nitrogens with one attached hydrogen (secondary N) is 2. The molecule has 106 valence electrons. The van der Waals surface area contributed by atoms with Crippen LogP contribution in [-0.4, -0.2) is 18.1 Å². The van der Waals surface area contributed by atoms with E-state index in [-0.39, 0.29) is 12.4 Å². The molecule has 2 nitrogen and oxygen atoms in total. The highest BCUT2D eigenvalue weighted by atomic mass is 35.5. The standard InChI is InChI=1S/C16H24N2.ClH/c1-2-3-4-7-11-17-12-10-14-13-18-16-9-6-5-8-15(14)16;/h5-6,8-9,13,17-18H,2-4,7,10-12H2,1H3;1H. The van der Waals surface area contributed by atoms with Gasteiger partial charge in [0.25, 0.3) is 0 Å². The minimum atomic E-state index is 0. The Morgan fingerprint density at radius 1 is 1.05 bits per heavy atom. The third-order valence-electron chi connectivity index (χ3n) is 3.45. The molecule has 2 aromatic rings. The van der Waals surface area contributed by atoms with Crippen LogP contribution in [0.5, 0.6) is 0 Å². The van der Waals surface area contributed by atoms with Crippen LogP contribution in [0.1, 0.15) is 38.2 Å². The average Bonchev–Trinajstić information content (AvgIpc) is 2.81. The van der Waals surface area contributed by atoms with E-state index in [0.29, 0.717) is 0 Å². The summed E-state index contributed by atoms with van der Waals surface area (Å²) in [6.07, 6.45) is 8.60. The van der Waals surface area contributed by atoms with E-state index in [4.69, 9.17) is 0 Å². The molecule has 0 unspecified atom stereocenters. The predicted octanol–water partition coefficient (Wildman–Crippen LogP) is 4.30. The molecule has 0 spiro atoms. The van der Waals surface area contributed by atoms with Crippen LogP contribution in [0, 0.1) is 0 Å². The van der Waals surface area contributed by atoms with Gasteiger partial charge in [0, 0.05) is 17.1 Å². The van der Waals surface area contributed by atoms with Gasteiger partial charge in [-0.05, 0) is 37.6 Å². The van der Waals surface area contributed by atoms with Crippen molar-refractivity contribution in [3.8, 4) is 0 Å².